The molecule has 1 atom stereocenters. The van der Waals surface area contributed by atoms with Gasteiger partial charge in [-0.05, 0) is 36.2 Å². The summed E-state index contributed by atoms with van der Waals surface area (Å²) in [4.78, 5) is 25.7. The third kappa shape index (κ3) is 3.35. The summed E-state index contributed by atoms with van der Waals surface area (Å²) < 4.78 is 38.7. The fraction of sp³-hybridized carbons (Fsp3) is 0.222. The maximum atomic E-state index is 12.9. The van der Waals surface area contributed by atoms with Crippen molar-refractivity contribution in [3.63, 3.8) is 0 Å². The van der Waals surface area contributed by atoms with Crippen LogP contribution in [0.2, 0.25) is 0 Å². The molecule has 1 aliphatic rings. The molecule has 0 saturated heterocycles. The van der Waals surface area contributed by atoms with Gasteiger partial charge in [-0.15, -0.1) is 0 Å². The molecule has 2 amide bonds. The Balaban J connectivity index is 2.00. The molecule has 130 valence electrons. The van der Waals surface area contributed by atoms with Crippen molar-refractivity contribution >= 4 is 17.5 Å². The largest absolute Gasteiger partial charge is 0.416 e. The van der Waals surface area contributed by atoms with Crippen LogP contribution >= 0.6 is 0 Å². The van der Waals surface area contributed by atoms with E-state index in [1.54, 1.807) is 24.3 Å². The quantitative estimate of drug-likeness (QED) is 0.907. The van der Waals surface area contributed by atoms with Crippen LogP contribution in [0.4, 0.5) is 18.9 Å². The van der Waals surface area contributed by atoms with E-state index in [0.29, 0.717) is 12.1 Å². The van der Waals surface area contributed by atoms with Gasteiger partial charge < -0.3 is 10.6 Å². The number of anilines is 1. The summed E-state index contributed by atoms with van der Waals surface area (Å²) in [7, 11) is 0. The van der Waals surface area contributed by atoms with Gasteiger partial charge in [0.05, 0.1) is 11.5 Å². The number of carbonyl (C=O) groups is 2. The summed E-state index contributed by atoms with van der Waals surface area (Å²) in [5, 5.41) is 0. The number of nitrogens with two attached hydrogens (primary N) is 1. The molecular formula is C18H15F3N2O2. The Hall–Kier alpha value is -2.83. The molecule has 0 spiro atoms. The highest BCUT2D eigenvalue weighted by Gasteiger charge is 2.34. The SMILES string of the molecule is NC(=O)[C@H]1Cc2ccccc2N(C(=O)c2cccc(C(F)(F)F)c2)C1. The van der Waals surface area contributed by atoms with Gasteiger partial charge in [0, 0.05) is 17.8 Å². The first-order chi connectivity index (χ1) is 11.8. The molecule has 2 N–H and O–H groups in total. The van der Waals surface area contributed by atoms with Crippen molar-refractivity contribution in [2.75, 3.05) is 11.4 Å². The third-order valence-electron chi connectivity index (χ3n) is 4.24. The Morgan fingerprint density at radius 1 is 1.08 bits per heavy atom. The van der Waals surface area contributed by atoms with Gasteiger partial charge in [-0.25, -0.2) is 0 Å². The minimum atomic E-state index is -4.54. The van der Waals surface area contributed by atoms with Crippen LogP contribution in [-0.4, -0.2) is 18.4 Å². The molecule has 0 unspecified atom stereocenters. The van der Waals surface area contributed by atoms with Crippen LogP contribution in [0.15, 0.2) is 48.5 Å². The number of halogens is 3. The average Bonchev–Trinajstić information content (AvgIpc) is 2.59. The summed E-state index contributed by atoms with van der Waals surface area (Å²) in [5.74, 6) is -1.72. The Labute approximate surface area is 142 Å². The van der Waals surface area contributed by atoms with Crippen LogP contribution in [0.3, 0.4) is 0 Å². The lowest BCUT2D eigenvalue weighted by molar-refractivity contribution is -0.137. The van der Waals surface area contributed by atoms with Gasteiger partial charge in [-0.3, -0.25) is 9.59 Å². The highest BCUT2D eigenvalue weighted by atomic mass is 19.4. The van der Waals surface area contributed by atoms with Crippen molar-refractivity contribution in [1.29, 1.82) is 0 Å². The van der Waals surface area contributed by atoms with Gasteiger partial charge >= 0.3 is 6.18 Å². The van der Waals surface area contributed by atoms with Crippen LogP contribution < -0.4 is 10.6 Å². The molecule has 0 aromatic heterocycles. The summed E-state index contributed by atoms with van der Waals surface area (Å²) >= 11 is 0. The van der Waals surface area contributed by atoms with Gasteiger partial charge in [-0.2, -0.15) is 13.2 Å². The van der Waals surface area contributed by atoms with Crippen molar-refractivity contribution in [3.8, 4) is 0 Å². The number of alkyl halides is 3. The van der Waals surface area contributed by atoms with E-state index in [4.69, 9.17) is 5.73 Å². The molecule has 2 aromatic carbocycles. The predicted molar refractivity (Wildman–Crippen MR) is 86.0 cm³/mol. The summed E-state index contributed by atoms with van der Waals surface area (Å²) in [6.45, 7) is 0.0431. The maximum absolute atomic E-state index is 12.9. The van der Waals surface area contributed by atoms with E-state index in [1.165, 1.54) is 17.0 Å². The number of benzene rings is 2. The number of hydrogen-bond acceptors (Lipinski definition) is 2. The number of rotatable bonds is 2. The lowest BCUT2D eigenvalue weighted by atomic mass is 9.91. The lowest BCUT2D eigenvalue weighted by Gasteiger charge is -2.33. The molecular weight excluding hydrogens is 333 g/mol. The minimum Gasteiger partial charge on any atom is -0.369 e. The van der Waals surface area contributed by atoms with Gasteiger partial charge in [0.15, 0.2) is 0 Å². The van der Waals surface area contributed by atoms with Gasteiger partial charge in [0.1, 0.15) is 0 Å². The van der Waals surface area contributed by atoms with E-state index in [9.17, 15) is 22.8 Å². The van der Waals surface area contributed by atoms with Crippen LogP contribution in [0.5, 0.6) is 0 Å². The molecule has 4 nitrogen and oxygen atoms in total. The molecule has 25 heavy (non-hydrogen) atoms. The third-order valence-corrected chi connectivity index (χ3v) is 4.24. The molecule has 0 aliphatic carbocycles. The predicted octanol–water partition coefficient (Wildman–Crippen LogP) is 3.01. The number of carbonyl (C=O) groups excluding carboxylic acids is 2. The Bertz CT molecular complexity index is 833. The first-order valence-corrected chi connectivity index (χ1v) is 7.63. The Kier molecular flexibility index (Phi) is 4.24. The Morgan fingerprint density at radius 2 is 1.80 bits per heavy atom. The highest BCUT2D eigenvalue weighted by molar-refractivity contribution is 6.07. The zero-order valence-corrected chi connectivity index (χ0v) is 13.1. The molecule has 0 bridgehead atoms. The standard InChI is InChI=1S/C18H15F3N2O2/c19-18(20,21)14-6-3-5-12(9-14)17(25)23-10-13(16(22)24)8-11-4-1-2-7-15(11)23/h1-7,9,13H,8,10H2,(H2,22,24)/t13-/m0/s1. The number of hydrogen-bond donors (Lipinski definition) is 1. The molecule has 3 rings (SSSR count). The lowest BCUT2D eigenvalue weighted by Crippen LogP contribution is -2.44. The molecule has 1 heterocycles. The smallest absolute Gasteiger partial charge is 0.369 e. The van der Waals surface area contributed by atoms with E-state index in [2.05, 4.69) is 0 Å². The Morgan fingerprint density at radius 3 is 2.48 bits per heavy atom. The van der Waals surface area contributed by atoms with Crippen molar-refractivity contribution in [2.45, 2.75) is 12.6 Å². The number of amides is 2. The van der Waals surface area contributed by atoms with Crippen LogP contribution in [0.1, 0.15) is 21.5 Å². The highest BCUT2D eigenvalue weighted by Crippen LogP contribution is 2.33. The summed E-state index contributed by atoms with van der Waals surface area (Å²) in [5.41, 5.74) is 5.75. The maximum Gasteiger partial charge on any atom is 0.416 e. The monoisotopic (exact) mass is 348 g/mol. The van der Waals surface area contributed by atoms with Gasteiger partial charge in [0.2, 0.25) is 5.91 Å². The summed E-state index contributed by atoms with van der Waals surface area (Å²) in [6, 6.07) is 11.2. The fourth-order valence-corrected chi connectivity index (χ4v) is 2.96. The molecule has 2 aromatic rings. The molecule has 0 saturated carbocycles. The van der Waals surface area contributed by atoms with Crippen molar-refractivity contribution in [3.05, 3.63) is 65.2 Å². The average molecular weight is 348 g/mol. The van der Waals surface area contributed by atoms with Crippen LogP contribution in [0, 0.1) is 5.92 Å². The van der Waals surface area contributed by atoms with E-state index >= 15 is 0 Å². The van der Waals surface area contributed by atoms with Crippen molar-refractivity contribution in [1.82, 2.24) is 0 Å². The molecule has 7 heteroatoms. The van der Waals surface area contributed by atoms with E-state index in [1.807, 2.05) is 0 Å². The topological polar surface area (TPSA) is 63.4 Å². The normalized spacial score (nSPS) is 17.1. The summed E-state index contributed by atoms with van der Waals surface area (Å²) in [6.07, 6.45) is -4.14. The van der Waals surface area contributed by atoms with Gasteiger partial charge in [0.25, 0.3) is 5.91 Å². The number of nitrogens with zero attached hydrogens (tertiary/aromatic N) is 1. The second-order valence-corrected chi connectivity index (χ2v) is 5.93. The van der Waals surface area contributed by atoms with Crippen molar-refractivity contribution in [2.24, 2.45) is 11.7 Å². The number of para-hydroxylation sites is 1. The molecule has 0 fully saturated rings. The minimum absolute atomic E-state index is 0.0431. The second-order valence-electron chi connectivity index (χ2n) is 5.93. The van der Waals surface area contributed by atoms with Crippen LogP contribution in [-0.2, 0) is 17.4 Å². The second kappa shape index (κ2) is 6.23. The number of fused-ring (bicyclic) bond motifs is 1. The van der Waals surface area contributed by atoms with Crippen LogP contribution in [0.25, 0.3) is 0 Å². The van der Waals surface area contributed by atoms with E-state index in [-0.39, 0.29) is 12.1 Å². The van der Waals surface area contributed by atoms with E-state index < -0.39 is 29.5 Å². The molecule has 0 radical (unpaired) electrons. The number of primary amides is 1. The van der Waals surface area contributed by atoms with Gasteiger partial charge in [-0.1, -0.05) is 24.3 Å². The first-order valence-electron chi connectivity index (χ1n) is 7.63. The van der Waals surface area contributed by atoms with Crippen molar-refractivity contribution < 1.29 is 22.8 Å². The van der Waals surface area contributed by atoms with E-state index in [0.717, 1.165) is 17.7 Å². The molecule has 1 aliphatic heterocycles. The fourth-order valence-electron chi connectivity index (χ4n) is 2.96. The zero-order chi connectivity index (χ0) is 18.2. The first kappa shape index (κ1) is 17.0. The zero-order valence-electron chi connectivity index (χ0n) is 13.1.